The maximum atomic E-state index is 13.9. The van der Waals surface area contributed by atoms with Crippen LogP contribution in [0.25, 0.3) is 34.0 Å². The van der Waals surface area contributed by atoms with Crippen LogP contribution in [0.3, 0.4) is 0 Å². The summed E-state index contributed by atoms with van der Waals surface area (Å²) in [4.78, 5) is 11.0. The van der Waals surface area contributed by atoms with Crippen molar-refractivity contribution in [1.82, 2.24) is 10.3 Å². The smallest absolute Gasteiger partial charge is 0.355 e. The highest BCUT2D eigenvalue weighted by atomic mass is 19.4. The zero-order chi connectivity index (χ0) is 20.2. The number of hydrogen-bond acceptors (Lipinski definition) is 5. The molecule has 0 N–H and O–H groups in total. The Bertz CT molecular complexity index is 1240. The van der Waals surface area contributed by atoms with Gasteiger partial charge in [0, 0.05) is 28.7 Å². The molecule has 2 aromatic heterocycles. The molecule has 5 nitrogen and oxygen atoms in total. The van der Waals surface area contributed by atoms with Gasteiger partial charge < -0.3 is 9.05 Å². The maximum absolute atomic E-state index is 13.9. The van der Waals surface area contributed by atoms with Crippen molar-refractivity contribution < 1.29 is 27.0 Å². The Kier molecular flexibility index (Phi) is 3.70. The monoisotopic (exact) mass is 396 g/mol. The normalized spacial score (nSPS) is 12.7. The summed E-state index contributed by atoms with van der Waals surface area (Å²) in [5, 5.41) is 7.65. The molecular weight excluding hydrogens is 385 g/mol. The highest BCUT2D eigenvalue weighted by Crippen LogP contribution is 2.47. The van der Waals surface area contributed by atoms with Gasteiger partial charge in [0.1, 0.15) is 17.5 Å². The summed E-state index contributed by atoms with van der Waals surface area (Å²) in [6.45, 7) is 0. The Balaban J connectivity index is 1.67. The molecule has 1 aliphatic rings. The second kappa shape index (κ2) is 6.16. The summed E-state index contributed by atoms with van der Waals surface area (Å²) in [6.07, 6.45) is -3.71. The molecule has 0 bridgehead atoms. The number of rotatable bonds is 3. The largest absolute Gasteiger partial charge is 0.422 e. The highest BCUT2D eigenvalue weighted by Gasteiger charge is 2.43. The third-order valence-corrected chi connectivity index (χ3v) is 4.90. The fourth-order valence-corrected chi connectivity index (χ4v) is 3.62. The molecule has 0 spiro atoms. The first kappa shape index (κ1) is 17.4. The van der Waals surface area contributed by atoms with Crippen molar-refractivity contribution in [1.29, 1.82) is 0 Å². The second-order valence-electron chi connectivity index (χ2n) is 6.65. The van der Waals surface area contributed by atoms with Crippen LogP contribution in [-0.2, 0) is 12.6 Å². The lowest BCUT2D eigenvalue weighted by atomic mass is 10.0. The van der Waals surface area contributed by atoms with E-state index in [9.17, 15) is 18.0 Å². The van der Waals surface area contributed by atoms with Gasteiger partial charge in [0.25, 0.3) is 0 Å². The molecule has 0 aliphatic heterocycles. The van der Waals surface area contributed by atoms with E-state index in [1.165, 1.54) is 12.1 Å². The van der Waals surface area contributed by atoms with Gasteiger partial charge in [-0.15, -0.1) is 0 Å². The highest BCUT2D eigenvalue weighted by molar-refractivity contribution is 5.84. The van der Waals surface area contributed by atoms with E-state index in [0.717, 1.165) is 11.1 Å². The molecule has 0 saturated carbocycles. The van der Waals surface area contributed by atoms with Crippen LogP contribution in [0.15, 0.2) is 57.6 Å². The number of halogens is 3. The Hall–Kier alpha value is -3.68. The lowest BCUT2D eigenvalue weighted by Gasteiger charge is -2.07. The summed E-state index contributed by atoms with van der Waals surface area (Å²) < 4.78 is 52.2. The van der Waals surface area contributed by atoms with Crippen molar-refractivity contribution in [3.8, 4) is 34.0 Å². The maximum Gasteiger partial charge on any atom is 0.422 e. The second-order valence-corrected chi connectivity index (χ2v) is 6.65. The Morgan fingerprint density at radius 1 is 0.931 bits per heavy atom. The van der Waals surface area contributed by atoms with Crippen LogP contribution >= 0.6 is 0 Å². The van der Waals surface area contributed by atoms with E-state index in [1.54, 1.807) is 36.4 Å². The first-order valence-electron chi connectivity index (χ1n) is 8.67. The number of benzene rings is 2. The van der Waals surface area contributed by atoms with E-state index < -0.39 is 17.4 Å². The molecule has 2 heterocycles. The minimum Gasteiger partial charge on any atom is -0.355 e. The first-order valence-corrected chi connectivity index (χ1v) is 8.67. The molecule has 8 heteroatoms. The molecule has 0 atom stereocenters. The van der Waals surface area contributed by atoms with Crippen LogP contribution in [0, 0.1) is 0 Å². The van der Waals surface area contributed by atoms with Crippen LogP contribution in [0.1, 0.15) is 27.0 Å². The number of carbonyl (C=O) groups excluding carboxylic acids is 1. The van der Waals surface area contributed by atoms with Gasteiger partial charge >= 0.3 is 6.18 Å². The molecule has 0 amide bonds. The topological polar surface area (TPSA) is 69.1 Å². The van der Waals surface area contributed by atoms with Crippen LogP contribution in [-0.4, -0.2) is 16.6 Å². The van der Waals surface area contributed by atoms with Gasteiger partial charge in [-0.05, 0) is 11.6 Å². The standard InChI is InChI=1S/C21H11F3N2O3/c22-21(23,24)16-18(26-28-19(16)12-4-2-1-3-5-12)20-15-9-13-8-11(10-27)6-7-14(13)17(15)25-29-20/h1-8,10H,9H2. The van der Waals surface area contributed by atoms with Crippen molar-refractivity contribution >= 4 is 6.29 Å². The Morgan fingerprint density at radius 3 is 2.38 bits per heavy atom. The molecule has 0 fully saturated rings. The SMILES string of the molecule is O=Cc1ccc2c(c1)Cc1c-2noc1-c1noc(-c2ccccc2)c1C(F)(F)F. The number of alkyl halides is 3. The Labute approximate surface area is 161 Å². The number of aromatic nitrogens is 2. The number of fused-ring (bicyclic) bond motifs is 3. The average Bonchev–Trinajstić information content (AvgIpc) is 3.40. The average molecular weight is 396 g/mol. The van der Waals surface area contributed by atoms with Gasteiger partial charge in [-0.1, -0.05) is 52.8 Å². The zero-order valence-corrected chi connectivity index (χ0v) is 14.7. The van der Waals surface area contributed by atoms with E-state index >= 15 is 0 Å². The molecule has 0 radical (unpaired) electrons. The molecule has 144 valence electrons. The quantitative estimate of drug-likeness (QED) is 0.382. The molecular formula is C21H11F3N2O3. The number of nitrogens with zero attached hydrogens (tertiary/aromatic N) is 2. The molecule has 2 aromatic carbocycles. The fourth-order valence-electron chi connectivity index (χ4n) is 3.62. The van der Waals surface area contributed by atoms with Gasteiger partial charge in [-0.3, -0.25) is 4.79 Å². The third kappa shape index (κ3) is 2.67. The van der Waals surface area contributed by atoms with Crippen LogP contribution in [0.5, 0.6) is 0 Å². The number of carbonyl (C=O) groups is 1. The van der Waals surface area contributed by atoms with E-state index in [1.807, 2.05) is 0 Å². The summed E-state index contributed by atoms with van der Waals surface area (Å²) in [7, 11) is 0. The van der Waals surface area contributed by atoms with Crippen molar-refractivity contribution in [2.75, 3.05) is 0 Å². The third-order valence-electron chi connectivity index (χ3n) is 4.90. The predicted octanol–water partition coefficient (Wildman–Crippen LogP) is 5.40. The first-order chi connectivity index (χ1) is 14.0. The van der Waals surface area contributed by atoms with Crippen molar-refractivity contribution in [3.63, 3.8) is 0 Å². The van der Waals surface area contributed by atoms with E-state index in [4.69, 9.17) is 9.05 Å². The molecule has 4 aromatic rings. The molecule has 29 heavy (non-hydrogen) atoms. The van der Waals surface area contributed by atoms with Crippen LogP contribution in [0.4, 0.5) is 13.2 Å². The summed E-state index contributed by atoms with van der Waals surface area (Å²) in [6, 6.07) is 13.0. The zero-order valence-electron chi connectivity index (χ0n) is 14.7. The molecule has 1 aliphatic carbocycles. The van der Waals surface area contributed by atoms with Crippen molar-refractivity contribution in [2.45, 2.75) is 12.6 Å². The Morgan fingerprint density at radius 2 is 1.66 bits per heavy atom. The van der Waals surface area contributed by atoms with E-state index in [0.29, 0.717) is 23.1 Å². The van der Waals surface area contributed by atoms with Gasteiger partial charge in [-0.2, -0.15) is 13.2 Å². The van der Waals surface area contributed by atoms with E-state index in [2.05, 4.69) is 10.3 Å². The number of aldehydes is 1. The lowest BCUT2D eigenvalue weighted by molar-refractivity contribution is -0.136. The van der Waals surface area contributed by atoms with Gasteiger partial charge in [0.2, 0.25) is 0 Å². The molecule has 5 rings (SSSR count). The molecule has 0 saturated heterocycles. The fraction of sp³-hybridized carbons (Fsp3) is 0.0952. The summed E-state index contributed by atoms with van der Waals surface area (Å²) >= 11 is 0. The van der Waals surface area contributed by atoms with Gasteiger partial charge in [0.05, 0.1) is 0 Å². The van der Waals surface area contributed by atoms with Crippen molar-refractivity contribution in [3.05, 3.63) is 70.8 Å². The summed E-state index contributed by atoms with van der Waals surface area (Å²) in [5.74, 6) is -0.459. The minimum atomic E-state index is -4.71. The van der Waals surface area contributed by atoms with Gasteiger partial charge in [0.15, 0.2) is 17.2 Å². The van der Waals surface area contributed by atoms with E-state index in [-0.39, 0.29) is 23.5 Å². The molecule has 0 unspecified atom stereocenters. The lowest BCUT2D eigenvalue weighted by Crippen LogP contribution is -2.07. The van der Waals surface area contributed by atoms with Crippen LogP contribution in [0.2, 0.25) is 0 Å². The minimum absolute atomic E-state index is 0.0814. The summed E-state index contributed by atoms with van der Waals surface area (Å²) in [5.41, 5.74) is 1.75. The van der Waals surface area contributed by atoms with Crippen molar-refractivity contribution in [2.24, 2.45) is 0 Å². The number of hydrogen-bond donors (Lipinski definition) is 0. The van der Waals surface area contributed by atoms with Gasteiger partial charge in [-0.25, -0.2) is 0 Å². The predicted molar refractivity (Wildman–Crippen MR) is 96.1 cm³/mol. The van der Waals surface area contributed by atoms with Crippen LogP contribution < -0.4 is 0 Å².